The van der Waals surface area contributed by atoms with Crippen LogP contribution in [0.3, 0.4) is 0 Å². The third-order valence-corrected chi connectivity index (χ3v) is 4.34. The van der Waals surface area contributed by atoms with Crippen molar-refractivity contribution < 1.29 is 4.52 Å². The summed E-state index contributed by atoms with van der Waals surface area (Å²) in [5, 5.41) is 4.12. The fourth-order valence-corrected chi connectivity index (χ4v) is 3.04. The lowest BCUT2D eigenvalue weighted by atomic mass is 10.0. The molecule has 4 heteroatoms. The van der Waals surface area contributed by atoms with Crippen LogP contribution < -0.4 is 0 Å². The summed E-state index contributed by atoms with van der Waals surface area (Å²) in [6.45, 7) is 6.25. The summed E-state index contributed by atoms with van der Waals surface area (Å²) < 4.78 is 5.44. The summed E-state index contributed by atoms with van der Waals surface area (Å²) in [5.41, 5.74) is 2.25. The van der Waals surface area contributed by atoms with Gasteiger partial charge in [-0.2, -0.15) is 4.98 Å². The molecule has 1 fully saturated rings. The fraction of sp³-hybridized carbons (Fsp3) is 0.529. The number of benzene rings is 1. The summed E-state index contributed by atoms with van der Waals surface area (Å²) in [6.07, 6.45) is 5.09. The van der Waals surface area contributed by atoms with E-state index >= 15 is 0 Å². The third-order valence-electron chi connectivity index (χ3n) is 4.34. The van der Waals surface area contributed by atoms with E-state index in [1.807, 2.05) is 12.1 Å². The predicted molar refractivity (Wildman–Crippen MR) is 82.8 cm³/mol. The highest BCUT2D eigenvalue weighted by Gasteiger charge is 2.22. The van der Waals surface area contributed by atoms with E-state index in [-0.39, 0.29) is 0 Å². The van der Waals surface area contributed by atoms with Gasteiger partial charge in [-0.1, -0.05) is 48.3 Å². The van der Waals surface area contributed by atoms with Crippen LogP contribution in [-0.4, -0.2) is 27.6 Å². The van der Waals surface area contributed by atoms with Gasteiger partial charge in [0.25, 0.3) is 0 Å². The van der Waals surface area contributed by atoms with Gasteiger partial charge in [0, 0.05) is 11.6 Å². The molecule has 1 atom stereocenters. The van der Waals surface area contributed by atoms with E-state index in [9.17, 15) is 0 Å². The molecule has 1 aromatic heterocycles. The molecule has 0 radical (unpaired) electrons. The minimum absolute atomic E-state index is 0.661. The maximum Gasteiger partial charge on any atom is 0.241 e. The Morgan fingerprint density at radius 1 is 1.24 bits per heavy atom. The Hall–Kier alpha value is -1.68. The van der Waals surface area contributed by atoms with Crippen molar-refractivity contribution >= 4 is 0 Å². The summed E-state index contributed by atoms with van der Waals surface area (Å²) in [4.78, 5) is 7.04. The normalized spacial score (nSPS) is 19.8. The average molecular weight is 285 g/mol. The predicted octanol–water partition coefficient (Wildman–Crippen LogP) is 3.81. The van der Waals surface area contributed by atoms with Crippen molar-refractivity contribution in [2.75, 3.05) is 6.54 Å². The number of piperidine rings is 1. The molecule has 2 aromatic rings. The number of aryl methyl sites for hydroxylation is 1. The molecule has 1 aromatic carbocycles. The van der Waals surface area contributed by atoms with Gasteiger partial charge in [0.05, 0.1) is 6.54 Å². The Morgan fingerprint density at radius 2 is 2.05 bits per heavy atom. The van der Waals surface area contributed by atoms with Crippen LogP contribution in [0.1, 0.15) is 44.1 Å². The van der Waals surface area contributed by atoms with Crippen LogP contribution in [-0.2, 0) is 6.54 Å². The molecule has 1 aliphatic heterocycles. The van der Waals surface area contributed by atoms with Gasteiger partial charge in [-0.3, -0.25) is 4.90 Å². The third kappa shape index (κ3) is 3.32. The van der Waals surface area contributed by atoms with Crippen LogP contribution in [0.2, 0.25) is 0 Å². The Balaban J connectivity index is 1.71. The molecular weight excluding hydrogens is 262 g/mol. The SMILES string of the molecule is CCC1CCCCN1Cc1nc(-c2ccc(C)cc2)no1. The van der Waals surface area contributed by atoms with Crippen molar-refractivity contribution in [3.8, 4) is 11.4 Å². The first-order chi connectivity index (χ1) is 10.3. The molecule has 0 bridgehead atoms. The second-order valence-electron chi connectivity index (χ2n) is 5.91. The van der Waals surface area contributed by atoms with E-state index in [1.54, 1.807) is 0 Å². The molecule has 0 aliphatic carbocycles. The molecule has 0 amide bonds. The number of rotatable bonds is 4. The van der Waals surface area contributed by atoms with Gasteiger partial charge >= 0.3 is 0 Å². The van der Waals surface area contributed by atoms with Crippen LogP contribution in [0.5, 0.6) is 0 Å². The average Bonchev–Trinajstić information content (AvgIpc) is 2.97. The summed E-state index contributed by atoms with van der Waals surface area (Å²) in [7, 11) is 0. The minimum atomic E-state index is 0.661. The van der Waals surface area contributed by atoms with Gasteiger partial charge in [0.15, 0.2) is 0 Å². The van der Waals surface area contributed by atoms with E-state index in [1.165, 1.54) is 31.2 Å². The molecule has 1 aliphatic rings. The van der Waals surface area contributed by atoms with Gasteiger partial charge in [-0.25, -0.2) is 0 Å². The second kappa shape index (κ2) is 6.39. The van der Waals surface area contributed by atoms with Crippen LogP contribution in [0.4, 0.5) is 0 Å². The molecule has 4 nitrogen and oxygen atoms in total. The first-order valence-corrected chi connectivity index (χ1v) is 7.90. The van der Waals surface area contributed by atoms with Gasteiger partial charge in [0.2, 0.25) is 11.7 Å². The maximum absolute atomic E-state index is 5.44. The van der Waals surface area contributed by atoms with Gasteiger partial charge in [-0.05, 0) is 32.7 Å². The van der Waals surface area contributed by atoms with E-state index in [2.05, 4.69) is 41.0 Å². The fourth-order valence-electron chi connectivity index (χ4n) is 3.04. The molecule has 1 saturated heterocycles. The second-order valence-corrected chi connectivity index (χ2v) is 5.91. The first kappa shape index (κ1) is 14.3. The number of aromatic nitrogens is 2. The van der Waals surface area contributed by atoms with Gasteiger partial charge in [0.1, 0.15) is 0 Å². The van der Waals surface area contributed by atoms with Crippen LogP contribution in [0.15, 0.2) is 28.8 Å². The van der Waals surface area contributed by atoms with Crippen molar-refractivity contribution in [2.24, 2.45) is 0 Å². The highest BCUT2D eigenvalue weighted by molar-refractivity contribution is 5.54. The summed E-state index contributed by atoms with van der Waals surface area (Å²) in [6, 6.07) is 8.89. The minimum Gasteiger partial charge on any atom is -0.338 e. The summed E-state index contributed by atoms with van der Waals surface area (Å²) >= 11 is 0. The van der Waals surface area contributed by atoms with Gasteiger partial charge < -0.3 is 4.52 Å². The van der Waals surface area contributed by atoms with E-state index < -0.39 is 0 Å². The Labute approximate surface area is 126 Å². The molecule has 0 spiro atoms. The van der Waals surface area contributed by atoms with E-state index in [0.717, 1.165) is 24.5 Å². The quantitative estimate of drug-likeness (QED) is 0.856. The van der Waals surface area contributed by atoms with Gasteiger partial charge in [-0.15, -0.1) is 0 Å². The lowest BCUT2D eigenvalue weighted by Crippen LogP contribution is -2.38. The molecule has 3 rings (SSSR count). The zero-order valence-corrected chi connectivity index (χ0v) is 12.9. The highest BCUT2D eigenvalue weighted by atomic mass is 16.5. The van der Waals surface area contributed by atoms with Crippen LogP contribution >= 0.6 is 0 Å². The van der Waals surface area contributed by atoms with Crippen molar-refractivity contribution in [3.63, 3.8) is 0 Å². The molecule has 0 N–H and O–H groups in total. The van der Waals surface area contributed by atoms with Crippen LogP contribution in [0, 0.1) is 6.92 Å². The smallest absolute Gasteiger partial charge is 0.241 e. The zero-order valence-electron chi connectivity index (χ0n) is 12.9. The Morgan fingerprint density at radius 3 is 2.81 bits per heavy atom. The van der Waals surface area contributed by atoms with Crippen molar-refractivity contribution in [1.29, 1.82) is 0 Å². The lowest BCUT2D eigenvalue weighted by Gasteiger charge is -2.33. The van der Waals surface area contributed by atoms with E-state index in [4.69, 9.17) is 4.52 Å². The number of hydrogen-bond donors (Lipinski definition) is 0. The zero-order chi connectivity index (χ0) is 14.7. The Kier molecular flexibility index (Phi) is 4.34. The van der Waals surface area contributed by atoms with Crippen molar-refractivity contribution in [1.82, 2.24) is 15.0 Å². The van der Waals surface area contributed by atoms with Crippen LogP contribution in [0.25, 0.3) is 11.4 Å². The maximum atomic E-state index is 5.44. The molecule has 1 unspecified atom stereocenters. The Bertz CT molecular complexity index is 576. The van der Waals surface area contributed by atoms with Crippen molar-refractivity contribution in [2.45, 2.75) is 52.1 Å². The monoisotopic (exact) mass is 285 g/mol. The molecule has 0 saturated carbocycles. The van der Waals surface area contributed by atoms with Crippen molar-refractivity contribution in [3.05, 3.63) is 35.7 Å². The standard InChI is InChI=1S/C17H23N3O/c1-3-15-6-4-5-11-20(15)12-16-18-17(19-21-16)14-9-7-13(2)8-10-14/h7-10,15H,3-6,11-12H2,1-2H3. The number of hydrogen-bond acceptors (Lipinski definition) is 4. The molecular formula is C17H23N3O. The topological polar surface area (TPSA) is 42.2 Å². The largest absolute Gasteiger partial charge is 0.338 e. The highest BCUT2D eigenvalue weighted by Crippen LogP contribution is 2.22. The number of likely N-dealkylation sites (tertiary alicyclic amines) is 1. The molecule has 2 heterocycles. The lowest BCUT2D eigenvalue weighted by molar-refractivity contribution is 0.120. The number of nitrogens with zero attached hydrogens (tertiary/aromatic N) is 3. The van der Waals surface area contributed by atoms with E-state index in [0.29, 0.717) is 11.9 Å². The summed E-state index contributed by atoms with van der Waals surface area (Å²) in [5.74, 6) is 1.42. The first-order valence-electron chi connectivity index (χ1n) is 7.90. The molecule has 112 valence electrons. The molecule has 21 heavy (non-hydrogen) atoms.